The van der Waals surface area contributed by atoms with Crippen LogP contribution in [0.5, 0.6) is 0 Å². The molecule has 1 aromatic carbocycles. The first-order valence-electron chi connectivity index (χ1n) is 8.22. The van der Waals surface area contributed by atoms with Gasteiger partial charge in [-0.15, -0.1) is 0 Å². The zero-order valence-electron chi connectivity index (χ0n) is 13.9. The normalized spacial score (nSPS) is 13.0. The molecule has 3 N–H and O–H groups in total. The van der Waals surface area contributed by atoms with E-state index in [1.54, 1.807) is 4.90 Å². The van der Waals surface area contributed by atoms with Gasteiger partial charge >= 0.3 is 5.95 Å². The maximum Gasteiger partial charge on any atom is 0.355 e. The van der Waals surface area contributed by atoms with E-state index in [0.29, 0.717) is 6.04 Å². The molecule has 0 saturated heterocycles. The Morgan fingerprint density at radius 1 is 1.24 bits per heavy atom. The summed E-state index contributed by atoms with van der Waals surface area (Å²) in [5, 5.41) is 3.61. The topological polar surface area (TPSA) is 36.1 Å². The monoisotopic (exact) mass is 290 g/mol. The van der Waals surface area contributed by atoms with Crippen molar-refractivity contribution in [3.8, 4) is 0 Å². The summed E-state index contributed by atoms with van der Waals surface area (Å²) in [4.78, 5) is 5.16. The second kappa shape index (κ2) is 7.46. The highest BCUT2D eigenvalue weighted by atomic mass is 15.2. The minimum absolute atomic E-state index is 0.485. The maximum atomic E-state index is 3.61. The highest BCUT2D eigenvalue weighted by Crippen LogP contribution is 2.12. The number of H-pyrrole nitrogens is 1. The number of para-hydroxylation sites is 2. The standard InChI is InChI=1S/C17H28N4/c1-5-21(6-2)13-9-10-14(3)18-17-19-15-11-7-8-12-16(15)20(17)4/h7-8,11-12,14H,5-6,9-10,13H2,1-4H3,(H,18,19)/p+2/t14-/m0/s1. The molecule has 0 aliphatic heterocycles. The van der Waals surface area contributed by atoms with Gasteiger partial charge in [-0.1, -0.05) is 12.1 Å². The molecule has 1 aromatic heterocycles. The molecule has 21 heavy (non-hydrogen) atoms. The summed E-state index contributed by atoms with van der Waals surface area (Å²) < 4.78 is 2.20. The highest BCUT2D eigenvalue weighted by Gasteiger charge is 2.16. The van der Waals surface area contributed by atoms with Crippen molar-refractivity contribution in [3.63, 3.8) is 0 Å². The van der Waals surface area contributed by atoms with Crippen molar-refractivity contribution in [3.05, 3.63) is 24.3 Å². The molecule has 4 nitrogen and oxygen atoms in total. The highest BCUT2D eigenvalue weighted by molar-refractivity contribution is 5.72. The summed E-state index contributed by atoms with van der Waals surface area (Å²) in [5.41, 5.74) is 2.42. The van der Waals surface area contributed by atoms with Crippen molar-refractivity contribution in [2.45, 2.75) is 39.7 Å². The lowest BCUT2D eigenvalue weighted by Crippen LogP contribution is -3.11. The van der Waals surface area contributed by atoms with Gasteiger partial charge in [0.2, 0.25) is 0 Å². The van der Waals surface area contributed by atoms with E-state index in [1.165, 1.54) is 43.5 Å². The van der Waals surface area contributed by atoms with Crippen molar-refractivity contribution in [2.75, 3.05) is 25.0 Å². The van der Waals surface area contributed by atoms with Crippen LogP contribution in [-0.2, 0) is 7.05 Å². The SMILES string of the molecule is CC[NH+](CC)CCC[C@H](C)Nc1[nH]c2ccccc2[n+]1C. The van der Waals surface area contributed by atoms with E-state index in [9.17, 15) is 0 Å². The molecule has 0 spiro atoms. The Morgan fingerprint density at radius 2 is 1.95 bits per heavy atom. The second-order valence-electron chi connectivity index (χ2n) is 5.94. The number of hydrogen-bond donors (Lipinski definition) is 3. The van der Waals surface area contributed by atoms with Crippen LogP contribution in [0.2, 0.25) is 0 Å². The van der Waals surface area contributed by atoms with Crippen LogP contribution in [0.4, 0.5) is 5.95 Å². The van der Waals surface area contributed by atoms with Gasteiger partial charge < -0.3 is 4.90 Å². The van der Waals surface area contributed by atoms with E-state index in [1.807, 2.05) is 0 Å². The second-order valence-corrected chi connectivity index (χ2v) is 5.94. The Morgan fingerprint density at radius 3 is 2.62 bits per heavy atom. The largest absolute Gasteiger partial charge is 0.355 e. The van der Waals surface area contributed by atoms with E-state index in [4.69, 9.17) is 0 Å². The summed E-state index contributed by atoms with van der Waals surface area (Å²) in [6.07, 6.45) is 2.48. The minimum Gasteiger partial charge on any atom is -0.335 e. The van der Waals surface area contributed by atoms with Crippen molar-refractivity contribution in [1.82, 2.24) is 4.98 Å². The Hall–Kier alpha value is -1.55. The third-order valence-electron chi connectivity index (χ3n) is 4.40. The van der Waals surface area contributed by atoms with E-state index in [0.717, 1.165) is 5.95 Å². The summed E-state index contributed by atoms with van der Waals surface area (Å²) in [6.45, 7) is 10.5. The number of imidazole rings is 1. The lowest BCUT2D eigenvalue weighted by molar-refractivity contribution is -0.896. The van der Waals surface area contributed by atoms with E-state index in [-0.39, 0.29) is 0 Å². The third-order valence-corrected chi connectivity index (χ3v) is 4.40. The smallest absolute Gasteiger partial charge is 0.335 e. The minimum atomic E-state index is 0.485. The summed E-state index contributed by atoms with van der Waals surface area (Å²) in [6, 6.07) is 8.90. The number of anilines is 1. The van der Waals surface area contributed by atoms with Crippen molar-refractivity contribution >= 4 is 17.0 Å². The number of nitrogens with zero attached hydrogens (tertiary/aromatic N) is 1. The predicted molar refractivity (Wildman–Crippen MR) is 88.7 cm³/mol. The average Bonchev–Trinajstić information content (AvgIpc) is 2.80. The molecule has 0 saturated carbocycles. The molecular weight excluding hydrogens is 260 g/mol. The van der Waals surface area contributed by atoms with Gasteiger partial charge in [-0.3, -0.25) is 5.32 Å². The van der Waals surface area contributed by atoms with Gasteiger partial charge in [-0.05, 0) is 45.7 Å². The fraction of sp³-hybridized carbons (Fsp3) is 0.588. The molecule has 1 heterocycles. The first-order valence-corrected chi connectivity index (χ1v) is 8.22. The fourth-order valence-electron chi connectivity index (χ4n) is 2.90. The Kier molecular flexibility index (Phi) is 5.62. The summed E-state index contributed by atoms with van der Waals surface area (Å²) >= 11 is 0. The van der Waals surface area contributed by atoms with Crippen LogP contribution in [0.15, 0.2) is 24.3 Å². The van der Waals surface area contributed by atoms with E-state index in [2.05, 4.69) is 67.0 Å². The fourth-order valence-corrected chi connectivity index (χ4v) is 2.90. The number of benzene rings is 1. The predicted octanol–water partition coefficient (Wildman–Crippen LogP) is 1.50. The van der Waals surface area contributed by atoms with Gasteiger partial charge in [-0.2, -0.15) is 0 Å². The lowest BCUT2D eigenvalue weighted by atomic mass is 10.2. The van der Waals surface area contributed by atoms with Gasteiger partial charge in [-0.25, -0.2) is 9.55 Å². The number of aromatic amines is 1. The molecule has 0 unspecified atom stereocenters. The Bertz CT molecular complexity index is 557. The molecule has 0 fully saturated rings. The summed E-state index contributed by atoms with van der Waals surface area (Å²) in [7, 11) is 2.11. The van der Waals surface area contributed by atoms with Crippen LogP contribution in [0.1, 0.15) is 33.6 Å². The van der Waals surface area contributed by atoms with Crippen LogP contribution in [0, 0.1) is 0 Å². The molecular formula is C17H30N4+2. The Balaban J connectivity index is 1.89. The number of nitrogens with one attached hydrogen (secondary N) is 3. The zero-order chi connectivity index (χ0) is 15.2. The first kappa shape index (κ1) is 15.8. The van der Waals surface area contributed by atoms with Gasteiger partial charge in [0.1, 0.15) is 11.0 Å². The van der Waals surface area contributed by atoms with Crippen LogP contribution in [0.25, 0.3) is 11.0 Å². The van der Waals surface area contributed by atoms with Crippen LogP contribution in [-0.4, -0.2) is 30.7 Å². The van der Waals surface area contributed by atoms with Gasteiger partial charge in [0.25, 0.3) is 0 Å². The van der Waals surface area contributed by atoms with Crippen molar-refractivity contribution in [1.29, 1.82) is 0 Å². The zero-order valence-corrected chi connectivity index (χ0v) is 13.9. The molecule has 0 radical (unpaired) electrons. The summed E-state index contributed by atoms with van der Waals surface area (Å²) in [5.74, 6) is 1.10. The van der Waals surface area contributed by atoms with Crippen molar-refractivity contribution < 1.29 is 9.47 Å². The van der Waals surface area contributed by atoms with Crippen LogP contribution in [0.3, 0.4) is 0 Å². The molecule has 116 valence electrons. The van der Waals surface area contributed by atoms with Gasteiger partial charge in [0.05, 0.1) is 32.7 Å². The van der Waals surface area contributed by atoms with Gasteiger partial charge in [0.15, 0.2) is 0 Å². The maximum absolute atomic E-state index is 3.61. The quantitative estimate of drug-likeness (QED) is 0.633. The van der Waals surface area contributed by atoms with Crippen LogP contribution >= 0.6 is 0 Å². The van der Waals surface area contributed by atoms with Gasteiger partial charge in [0, 0.05) is 0 Å². The Labute approximate surface area is 128 Å². The molecule has 0 amide bonds. The molecule has 0 aliphatic carbocycles. The third kappa shape index (κ3) is 3.97. The van der Waals surface area contributed by atoms with Crippen LogP contribution < -0.4 is 14.8 Å². The number of hydrogen-bond acceptors (Lipinski definition) is 1. The number of aryl methyl sites for hydroxylation is 1. The molecule has 0 bridgehead atoms. The van der Waals surface area contributed by atoms with Crippen molar-refractivity contribution in [2.24, 2.45) is 7.05 Å². The number of fused-ring (bicyclic) bond motifs is 1. The molecule has 0 aliphatic rings. The average molecular weight is 290 g/mol. The number of quaternary nitrogens is 1. The number of rotatable bonds is 8. The molecule has 1 atom stereocenters. The van der Waals surface area contributed by atoms with E-state index >= 15 is 0 Å². The molecule has 2 rings (SSSR count). The molecule has 2 aromatic rings. The number of aromatic nitrogens is 2. The van der Waals surface area contributed by atoms with E-state index < -0.39 is 0 Å². The molecule has 4 heteroatoms. The lowest BCUT2D eigenvalue weighted by Gasteiger charge is -2.16. The first-order chi connectivity index (χ1) is 10.2.